The number of nitrogens with one attached hydrogen (secondary N) is 3. The number of allylic oxidation sites excluding steroid dienone is 1. The van der Waals surface area contributed by atoms with E-state index in [0.717, 1.165) is 12.8 Å². The quantitative estimate of drug-likeness (QED) is 0.138. The molecule has 1 heterocycles. The molecule has 1 unspecified atom stereocenters. The van der Waals surface area contributed by atoms with Crippen LogP contribution >= 0.6 is 0 Å². The van der Waals surface area contributed by atoms with Crippen LogP contribution in [0.2, 0.25) is 0 Å². The fourth-order valence-electron chi connectivity index (χ4n) is 3.84. The van der Waals surface area contributed by atoms with Gasteiger partial charge in [-0.3, -0.25) is 15.0 Å². The third-order valence-electron chi connectivity index (χ3n) is 5.51. The molecule has 0 spiro atoms. The summed E-state index contributed by atoms with van der Waals surface area (Å²) < 4.78 is 5.82. The zero-order valence-corrected chi connectivity index (χ0v) is 19.7. The highest BCUT2D eigenvalue weighted by atomic mass is 16.5. The van der Waals surface area contributed by atoms with Gasteiger partial charge < -0.3 is 26.1 Å². The number of piperidine rings is 1. The Morgan fingerprint density at radius 2 is 1.89 bits per heavy atom. The number of rotatable bonds is 10. The van der Waals surface area contributed by atoms with Gasteiger partial charge in [-0.05, 0) is 55.3 Å². The lowest BCUT2D eigenvalue weighted by atomic mass is 9.98. The summed E-state index contributed by atoms with van der Waals surface area (Å²) in [5, 5.41) is 16.0. The molecule has 182 valence electrons. The van der Waals surface area contributed by atoms with Crippen LogP contribution in [0.1, 0.15) is 18.4 Å². The summed E-state index contributed by atoms with van der Waals surface area (Å²) in [6.45, 7) is 4.59. The normalized spacial score (nSPS) is 16.5. The Hall–Kier alpha value is -4.40. The molecule has 1 amide bonds. The fourth-order valence-corrected chi connectivity index (χ4v) is 3.84. The summed E-state index contributed by atoms with van der Waals surface area (Å²) in [6.07, 6.45) is 3.44. The van der Waals surface area contributed by atoms with Crippen molar-refractivity contribution in [3.8, 4) is 11.5 Å². The van der Waals surface area contributed by atoms with Gasteiger partial charge in [0, 0.05) is 31.7 Å². The number of benzene rings is 2. The van der Waals surface area contributed by atoms with Crippen molar-refractivity contribution in [2.45, 2.75) is 18.9 Å². The number of amides is 1. The summed E-state index contributed by atoms with van der Waals surface area (Å²) in [5.74, 6) is 1.14. The van der Waals surface area contributed by atoms with Gasteiger partial charge in [-0.2, -0.15) is 5.10 Å². The van der Waals surface area contributed by atoms with E-state index in [1.807, 2.05) is 30.3 Å². The maximum absolute atomic E-state index is 12.1. The number of nitrogens with zero attached hydrogens (tertiary/aromatic N) is 2. The van der Waals surface area contributed by atoms with Gasteiger partial charge in [0.15, 0.2) is 12.1 Å². The van der Waals surface area contributed by atoms with Crippen molar-refractivity contribution < 1.29 is 14.3 Å². The van der Waals surface area contributed by atoms with Crippen LogP contribution in [0.15, 0.2) is 83.6 Å². The smallest absolute Gasteiger partial charge is 0.246 e. The molecule has 9 nitrogen and oxygen atoms in total. The van der Waals surface area contributed by atoms with Gasteiger partial charge in [-0.1, -0.05) is 24.8 Å². The lowest BCUT2D eigenvalue weighted by Gasteiger charge is -2.33. The number of amidine groups is 1. The van der Waals surface area contributed by atoms with E-state index in [-0.39, 0.29) is 34.8 Å². The summed E-state index contributed by atoms with van der Waals surface area (Å²) >= 11 is 0. The van der Waals surface area contributed by atoms with Gasteiger partial charge in [-0.15, -0.1) is 0 Å². The molecule has 5 N–H and O–H groups in total. The van der Waals surface area contributed by atoms with Crippen LogP contribution < -0.4 is 21.2 Å². The number of likely N-dealkylation sites (tertiary alicyclic amines) is 1. The number of aldehydes is 1. The van der Waals surface area contributed by atoms with Crippen molar-refractivity contribution in [1.29, 1.82) is 5.41 Å². The molecule has 0 aromatic heterocycles. The number of para-hydroxylation sites is 1. The molecule has 1 fully saturated rings. The lowest BCUT2D eigenvalue weighted by Crippen LogP contribution is -2.48. The first-order valence-corrected chi connectivity index (χ1v) is 11.3. The van der Waals surface area contributed by atoms with Crippen molar-refractivity contribution in [3.05, 3.63) is 84.1 Å². The van der Waals surface area contributed by atoms with Gasteiger partial charge in [0.2, 0.25) is 5.91 Å². The summed E-state index contributed by atoms with van der Waals surface area (Å²) in [7, 11) is 1.58. The fraction of sp³-hybridized carbons (Fsp3) is 0.231. The molecule has 1 atom stereocenters. The molecule has 0 aliphatic carbocycles. The molecule has 35 heavy (non-hydrogen) atoms. The minimum absolute atomic E-state index is 0.00783. The third-order valence-corrected chi connectivity index (χ3v) is 5.51. The SMILES string of the molecule is C=CC(=O)N1CCCC(N/C(C=O)=C(C(=N)c2ccc(Oc3ccccc3)cc2)/C(N)=N\NC)C1. The van der Waals surface area contributed by atoms with E-state index in [9.17, 15) is 9.59 Å². The van der Waals surface area contributed by atoms with Crippen LogP contribution in [0.4, 0.5) is 0 Å². The average Bonchev–Trinajstić information content (AvgIpc) is 2.89. The first-order valence-electron chi connectivity index (χ1n) is 11.3. The summed E-state index contributed by atoms with van der Waals surface area (Å²) in [6, 6.07) is 16.1. The standard InChI is InChI=1S/C26H30N6O3/c1-3-23(34)32-15-7-8-19(16-32)30-22(17-33)24(26(28)31-29-2)25(27)18-11-13-21(14-12-18)35-20-9-5-4-6-10-20/h3-6,9-14,17,19,27,29-30H,1,7-8,15-16H2,2H3,(H2,28,31)/b24-22+,27-25?. The van der Waals surface area contributed by atoms with E-state index in [0.29, 0.717) is 36.4 Å². The highest BCUT2D eigenvalue weighted by Crippen LogP contribution is 2.23. The molecule has 1 aliphatic heterocycles. The van der Waals surface area contributed by atoms with E-state index < -0.39 is 0 Å². The number of nitrogens with two attached hydrogens (primary N) is 1. The van der Waals surface area contributed by atoms with Gasteiger partial charge in [-0.25, -0.2) is 0 Å². The molecule has 0 saturated carbocycles. The second-order valence-electron chi connectivity index (χ2n) is 7.91. The molecule has 2 aromatic carbocycles. The summed E-state index contributed by atoms with van der Waals surface area (Å²) in [4.78, 5) is 25.8. The maximum Gasteiger partial charge on any atom is 0.246 e. The Balaban J connectivity index is 1.87. The Kier molecular flexibility index (Phi) is 8.77. The zero-order valence-electron chi connectivity index (χ0n) is 19.7. The van der Waals surface area contributed by atoms with Gasteiger partial charge in [0.1, 0.15) is 11.5 Å². The second kappa shape index (κ2) is 12.2. The summed E-state index contributed by atoms with van der Waals surface area (Å²) in [5.41, 5.74) is 9.63. The van der Waals surface area contributed by atoms with Crippen molar-refractivity contribution >= 4 is 23.7 Å². The van der Waals surface area contributed by atoms with E-state index in [1.54, 1.807) is 36.2 Å². The van der Waals surface area contributed by atoms with Gasteiger partial charge in [0.05, 0.1) is 17.0 Å². The number of carbonyl (C=O) groups excluding carboxylic acids is 2. The number of hydrogen-bond acceptors (Lipinski definition) is 7. The van der Waals surface area contributed by atoms with Crippen LogP contribution in [0.5, 0.6) is 11.5 Å². The first kappa shape index (κ1) is 25.2. The van der Waals surface area contributed by atoms with Crippen molar-refractivity contribution in [2.75, 3.05) is 20.1 Å². The van der Waals surface area contributed by atoms with Crippen LogP contribution in [0.3, 0.4) is 0 Å². The Morgan fingerprint density at radius 1 is 1.20 bits per heavy atom. The van der Waals surface area contributed by atoms with Crippen LogP contribution in [0, 0.1) is 5.41 Å². The zero-order chi connectivity index (χ0) is 25.2. The monoisotopic (exact) mass is 474 g/mol. The molecule has 0 bridgehead atoms. The average molecular weight is 475 g/mol. The van der Waals surface area contributed by atoms with Crippen LogP contribution in [-0.2, 0) is 9.59 Å². The number of ether oxygens (including phenoxy) is 1. The van der Waals surface area contributed by atoms with Crippen LogP contribution in [-0.4, -0.2) is 54.8 Å². The highest BCUT2D eigenvalue weighted by molar-refractivity contribution is 6.30. The van der Waals surface area contributed by atoms with Gasteiger partial charge >= 0.3 is 0 Å². The molecule has 1 aliphatic rings. The van der Waals surface area contributed by atoms with Crippen molar-refractivity contribution in [3.63, 3.8) is 0 Å². The van der Waals surface area contributed by atoms with Gasteiger partial charge in [0.25, 0.3) is 0 Å². The minimum Gasteiger partial charge on any atom is -0.457 e. The largest absolute Gasteiger partial charge is 0.457 e. The Bertz CT molecular complexity index is 1130. The maximum atomic E-state index is 12.1. The molecule has 1 saturated heterocycles. The molecule has 2 aromatic rings. The minimum atomic E-state index is -0.181. The van der Waals surface area contributed by atoms with E-state index in [1.165, 1.54) is 6.08 Å². The Morgan fingerprint density at radius 3 is 2.51 bits per heavy atom. The first-order chi connectivity index (χ1) is 17.0. The molecule has 0 radical (unpaired) electrons. The lowest BCUT2D eigenvalue weighted by molar-refractivity contribution is -0.127. The molecule has 9 heteroatoms. The van der Waals surface area contributed by atoms with E-state index in [4.69, 9.17) is 15.9 Å². The molecular weight excluding hydrogens is 444 g/mol. The predicted octanol–water partition coefficient (Wildman–Crippen LogP) is 2.56. The van der Waals surface area contributed by atoms with Crippen LogP contribution in [0.25, 0.3) is 0 Å². The van der Waals surface area contributed by atoms with E-state index in [2.05, 4.69) is 22.4 Å². The van der Waals surface area contributed by atoms with Crippen molar-refractivity contribution in [2.24, 2.45) is 10.8 Å². The topological polar surface area (TPSA) is 133 Å². The predicted molar refractivity (Wildman–Crippen MR) is 136 cm³/mol. The third kappa shape index (κ3) is 6.57. The number of hydrazone groups is 1. The second-order valence-corrected chi connectivity index (χ2v) is 7.91. The number of hydrogen-bond donors (Lipinski definition) is 4. The number of carbonyl (C=O) groups is 2. The van der Waals surface area contributed by atoms with E-state index >= 15 is 0 Å². The highest BCUT2D eigenvalue weighted by Gasteiger charge is 2.25. The van der Waals surface area contributed by atoms with Crippen molar-refractivity contribution in [1.82, 2.24) is 15.6 Å². The molecule has 3 rings (SSSR count). The Labute approximate surface area is 204 Å². The molecular formula is C26H30N6O3.